The summed E-state index contributed by atoms with van der Waals surface area (Å²) < 4.78 is 0. The van der Waals surface area contributed by atoms with E-state index in [9.17, 15) is 9.59 Å². The third kappa shape index (κ3) is 1.51. The highest BCUT2D eigenvalue weighted by atomic mass is 16.1. The van der Waals surface area contributed by atoms with Gasteiger partial charge in [-0.05, 0) is 73.7 Å². The first-order valence-corrected chi connectivity index (χ1v) is 8.25. The Hall–Kier alpha value is -0.920. The minimum absolute atomic E-state index is 0.280. The molecule has 1 spiro atoms. The van der Waals surface area contributed by atoms with Gasteiger partial charge in [0.2, 0.25) is 0 Å². The minimum Gasteiger partial charge on any atom is -0.303 e. The summed E-state index contributed by atoms with van der Waals surface area (Å²) in [5.41, 5.74) is 0.00784. The highest BCUT2D eigenvalue weighted by Crippen LogP contribution is 2.69. The van der Waals surface area contributed by atoms with Gasteiger partial charge >= 0.3 is 0 Å². The zero-order chi connectivity index (χ0) is 14.0. The van der Waals surface area contributed by atoms with E-state index in [1.54, 1.807) is 0 Å². The molecule has 4 fully saturated rings. The van der Waals surface area contributed by atoms with Gasteiger partial charge in [0.05, 0.1) is 0 Å². The lowest BCUT2D eigenvalue weighted by atomic mass is 9.38. The molecule has 0 heterocycles. The molecule has 0 aliphatic heterocycles. The third-order valence-electron chi connectivity index (χ3n) is 6.96. The molecule has 0 N–H and O–H groups in total. The zero-order valence-corrected chi connectivity index (χ0v) is 12.3. The fourth-order valence-electron chi connectivity index (χ4n) is 6.72. The van der Waals surface area contributed by atoms with Gasteiger partial charge in [0.1, 0.15) is 6.29 Å². The second-order valence-corrected chi connectivity index (χ2v) is 8.14. The second-order valence-electron chi connectivity index (χ2n) is 8.14. The molecular formula is C18H24O2. The molecule has 0 saturated heterocycles. The fourth-order valence-corrected chi connectivity index (χ4v) is 6.72. The summed E-state index contributed by atoms with van der Waals surface area (Å²) in [7, 11) is 0. The van der Waals surface area contributed by atoms with Crippen LogP contribution < -0.4 is 0 Å². The molecule has 5 aliphatic rings. The average Bonchev–Trinajstić information content (AvgIpc) is 2.40. The summed E-state index contributed by atoms with van der Waals surface area (Å²) in [6, 6.07) is 0. The lowest BCUT2D eigenvalue weighted by Crippen LogP contribution is -2.60. The van der Waals surface area contributed by atoms with Crippen LogP contribution in [0.5, 0.6) is 0 Å². The first-order valence-electron chi connectivity index (χ1n) is 8.25. The van der Waals surface area contributed by atoms with Crippen molar-refractivity contribution in [1.29, 1.82) is 0 Å². The Bertz CT molecular complexity index is 478. The van der Waals surface area contributed by atoms with E-state index in [4.69, 9.17) is 0 Å². The SMILES string of the molecule is C[C@@]1(CCC=O)C(=O)C=CC23CC4CC(CC(C4)C21)C3. The molecule has 0 aromatic heterocycles. The van der Waals surface area contributed by atoms with E-state index in [2.05, 4.69) is 13.0 Å². The third-order valence-corrected chi connectivity index (χ3v) is 6.96. The molecule has 4 bridgehead atoms. The number of carbonyl (C=O) groups excluding carboxylic acids is 2. The molecule has 4 saturated carbocycles. The number of hydrogen-bond donors (Lipinski definition) is 0. The lowest BCUT2D eigenvalue weighted by Gasteiger charge is -2.65. The molecule has 108 valence electrons. The summed E-state index contributed by atoms with van der Waals surface area (Å²) in [5.74, 6) is 3.31. The molecule has 5 aliphatic carbocycles. The van der Waals surface area contributed by atoms with Crippen LogP contribution in [0.2, 0.25) is 0 Å². The largest absolute Gasteiger partial charge is 0.303 e. The number of ketones is 1. The van der Waals surface area contributed by atoms with Crippen LogP contribution in [0.4, 0.5) is 0 Å². The maximum atomic E-state index is 12.6. The molecule has 2 nitrogen and oxygen atoms in total. The molecule has 0 radical (unpaired) electrons. The highest BCUT2D eigenvalue weighted by Gasteiger charge is 2.63. The molecule has 4 atom stereocenters. The summed E-state index contributed by atoms with van der Waals surface area (Å²) in [5, 5.41) is 0. The van der Waals surface area contributed by atoms with Crippen molar-refractivity contribution in [3.05, 3.63) is 12.2 Å². The molecule has 0 amide bonds. The predicted molar refractivity (Wildman–Crippen MR) is 77.0 cm³/mol. The summed E-state index contributed by atoms with van der Waals surface area (Å²) in [4.78, 5) is 23.4. The van der Waals surface area contributed by atoms with E-state index < -0.39 is 0 Å². The van der Waals surface area contributed by atoms with Gasteiger partial charge in [-0.2, -0.15) is 0 Å². The van der Waals surface area contributed by atoms with Crippen molar-refractivity contribution >= 4 is 12.1 Å². The number of aldehydes is 1. The van der Waals surface area contributed by atoms with Gasteiger partial charge in [0, 0.05) is 11.8 Å². The molecule has 2 heteroatoms. The molecular weight excluding hydrogens is 248 g/mol. The van der Waals surface area contributed by atoms with Crippen molar-refractivity contribution in [1.82, 2.24) is 0 Å². The van der Waals surface area contributed by atoms with Crippen LogP contribution in [0.15, 0.2) is 12.2 Å². The van der Waals surface area contributed by atoms with Gasteiger partial charge in [-0.3, -0.25) is 4.79 Å². The van der Waals surface area contributed by atoms with E-state index in [-0.39, 0.29) is 11.2 Å². The van der Waals surface area contributed by atoms with Gasteiger partial charge in [-0.25, -0.2) is 0 Å². The number of rotatable bonds is 3. The Morgan fingerprint density at radius 3 is 2.60 bits per heavy atom. The molecule has 0 aromatic carbocycles. The van der Waals surface area contributed by atoms with E-state index in [0.717, 1.165) is 30.5 Å². The van der Waals surface area contributed by atoms with E-state index >= 15 is 0 Å². The molecule has 3 unspecified atom stereocenters. The molecule has 5 rings (SSSR count). The Balaban J connectivity index is 1.77. The molecule has 0 aromatic rings. The normalized spacial score (nSPS) is 52.1. The average molecular weight is 272 g/mol. The van der Waals surface area contributed by atoms with Crippen molar-refractivity contribution in [2.24, 2.45) is 34.5 Å². The van der Waals surface area contributed by atoms with Crippen molar-refractivity contribution in [2.75, 3.05) is 0 Å². The number of allylic oxidation sites excluding steroid dienone is 2. The number of hydrogen-bond acceptors (Lipinski definition) is 2. The summed E-state index contributed by atoms with van der Waals surface area (Å²) in [6.45, 7) is 2.15. The van der Waals surface area contributed by atoms with Crippen LogP contribution in [0.1, 0.15) is 51.9 Å². The topological polar surface area (TPSA) is 34.1 Å². The monoisotopic (exact) mass is 272 g/mol. The van der Waals surface area contributed by atoms with Gasteiger partial charge < -0.3 is 4.79 Å². The highest BCUT2D eigenvalue weighted by molar-refractivity contribution is 5.96. The first kappa shape index (κ1) is 12.8. The van der Waals surface area contributed by atoms with Crippen molar-refractivity contribution in [3.63, 3.8) is 0 Å². The van der Waals surface area contributed by atoms with E-state index in [0.29, 0.717) is 17.8 Å². The van der Waals surface area contributed by atoms with Crippen molar-refractivity contribution in [2.45, 2.75) is 51.9 Å². The van der Waals surface area contributed by atoms with Crippen LogP contribution in [0.3, 0.4) is 0 Å². The van der Waals surface area contributed by atoms with Gasteiger partial charge in [-0.15, -0.1) is 0 Å². The Kier molecular flexibility index (Phi) is 2.59. The van der Waals surface area contributed by atoms with Gasteiger partial charge in [-0.1, -0.05) is 13.0 Å². The second kappa shape index (κ2) is 4.05. The van der Waals surface area contributed by atoms with Gasteiger partial charge in [0.25, 0.3) is 0 Å². The fraction of sp³-hybridized carbons (Fsp3) is 0.778. The Labute approximate surface area is 121 Å². The van der Waals surface area contributed by atoms with Crippen LogP contribution >= 0.6 is 0 Å². The quantitative estimate of drug-likeness (QED) is 0.736. The standard InChI is InChI=1S/C18H24O2/c1-17(4-2-6-19)15(20)3-5-18-10-12-7-13(11-18)9-14(8-12)16(17)18/h3,5-6,12-14,16H,2,4,7-11H2,1H3/t12?,13?,14?,16?,17-,18?/m1/s1. The lowest BCUT2D eigenvalue weighted by molar-refractivity contribution is -0.159. The van der Waals surface area contributed by atoms with Crippen molar-refractivity contribution < 1.29 is 9.59 Å². The summed E-state index contributed by atoms with van der Waals surface area (Å²) in [6.07, 6.45) is 13.1. The smallest absolute Gasteiger partial charge is 0.161 e. The van der Waals surface area contributed by atoms with Crippen molar-refractivity contribution in [3.8, 4) is 0 Å². The maximum absolute atomic E-state index is 12.6. The van der Waals surface area contributed by atoms with E-state index in [1.807, 2.05) is 6.08 Å². The number of carbonyl (C=O) groups is 2. The first-order chi connectivity index (χ1) is 9.57. The predicted octanol–water partition coefficient (Wildman–Crippen LogP) is 3.55. The van der Waals surface area contributed by atoms with Crippen LogP contribution in [0.25, 0.3) is 0 Å². The van der Waals surface area contributed by atoms with Gasteiger partial charge in [0.15, 0.2) is 5.78 Å². The zero-order valence-electron chi connectivity index (χ0n) is 12.3. The van der Waals surface area contributed by atoms with Crippen LogP contribution in [0, 0.1) is 34.5 Å². The van der Waals surface area contributed by atoms with Crippen LogP contribution in [-0.2, 0) is 9.59 Å². The Morgan fingerprint density at radius 1 is 1.25 bits per heavy atom. The Morgan fingerprint density at radius 2 is 1.95 bits per heavy atom. The van der Waals surface area contributed by atoms with E-state index in [1.165, 1.54) is 32.1 Å². The maximum Gasteiger partial charge on any atom is 0.161 e. The summed E-state index contributed by atoms with van der Waals surface area (Å²) >= 11 is 0. The minimum atomic E-state index is -0.284. The van der Waals surface area contributed by atoms with Crippen LogP contribution in [-0.4, -0.2) is 12.1 Å². The molecule has 20 heavy (non-hydrogen) atoms.